The molecule has 2 aromatic carbocycles. The van der Waals surface area contributed by atoms with Crippen molar-refractivity contribution in [3.05, 3.63) is 56.5 Å². The maximum Gasteiger partial charge on any atom is 0.341 e. The number of ether oxygens (including phenoxy) is 2. The van der Waals surface area contributed by atoms with Gasteiger partial charge in [-0.1, -0.05) is 21.1 Å². The van der Waals surface area contributed by atoms with E-state index in [2.05, 4.69) is 21.1 Å². The molecular weight excluding hydrogens is 563 g/mol. The fourth-order valence-electron chi connectivity index (χ4n) is 4.73. The van der Waals surface area contributed by atoms with Gasteiger partial charge in [0.25, 0.3) is 0 Å². The van der Waals surface area contributed by atoms with Crippen LogP contribution in [-0.2, 0) is 0 Å². The van der Waals surface area contributed by atoms with E-state index in [0.717, 1.165) is 23.4 Å². The minimum Gasteiger partial charge on any atom is -0.493 e. The number of hydrogen-bond acceptors (Lipinski definition) is 8. The molecule has 200 valence electrons. The maximum atomic E-state index is 15.6. The Morgan fingerprint density at radius 1 is 1.21 bits per heavy atom. The first kappa shape index (κ1) is 26.0. The van der Waals surface area contributed by atoms with E-state index < -0.39 is 28.8 Å². The fraction of sp³-hybridized carbons (Fsp3) is 0.346. The van der Waals surface area contributed by atoms with Crippen molar-refractivity contribution in [2.45, 2.75) is 31.3 Å². The summed E-state index contributed by atoms with van der Waals surface area (Å²) >= 11 is 3.38. The third-order valence-electron chi connectivity index (χ3n) is 6.76. The van der Waals surface area contributed by atoms with Crippen LogP contribution in [0.3, 0.4) is 0 Å². The zero-order valence-corrected chi connectivity index (χ0v) is 22.3. The highest BCUT2D eigenvalue weighted by Gasteiger charge is 2.33. The highest BCUT2D eigenvalue weighted by molar-refractivity contribution is 9.10. The molecule has 12 heteroatoms. The van der Waals surface area contributed by atoms with E-state index in [-0.39, 0.29) is 29.4 Å². The van der Waals surface area contributed by atoms with Crippen LogP contribution < -0.4 is 30.4 Å². The monoisotopic (exact) mass is 588 g/mol. The number of benzene rings is 2. The first-order valence-corrected chi connectivity index (χ1v) is 12.8. The summed E-state index contributed by atoms with van der Waals surface area (Å²) < 4.78 is 29.1. The average Bonchev–Trinajstić information content (AvgIpc) is 3.73. The molecule has 10 nitrogen and oxygen atoms in total. The van der Waals surface area contributed by atoms with E-state index in [0.29, 0.717) is 35.7 Å². The van der Waals surface area contributed by atoms with Crippen molar-refractivity contribution in [2.75, 3.05) is 32.2 Å². The van der Waals surface area contributed by atoms with E-state index in [1.807, 2.05) is 0 Å². The Labute approximate surface area is 225 Å². The second-order valence-corrected chi connectivity index (χ2v) is 10.1. The molecular formula is C26H26BrFN4O6. The molecule has 3 aromatic rings. The van der Waals surface area contributed by atoms with Crippen molar-refractivity contribution >= 4 is 44.2 Å². The molecule has 38 heavy (non-hydrogen) atoms. The van der Waals surface area contributed by atoms with Gasteiger partial charge in [0.1, 0.15) is 11.3 Å². The Morgan fingerprint density at radius 2 is 1.97 bits per heavy atom. The molecule has 0 amide bonds. The third-order valence-corrected chi connectivity index (χ3v) is 7.25. The zero-order chi connectivity index (χ0) is 27.1. The predicted molar refractivity (Wildman–Crippen MR) is 144 cm³/mol. The molecule has 1 saturated carbocycles. The van der Waals surface area contributed by atoms with Crippen LogP contribution in [0.2, 0.25) is 0 Å². The quantitative estimate of drug-likeness (QED) is 0.397. The van der Waals surface area contributed by atoms with Gasteiger partial charge in [-0.15, -0.1) is 0 Å². The molecule has 2 heterocycles. The molecule has 0 spiro atoms. The highest BCUT2D eigenvalue weighted by atomic mass is 79.9. The molecule has 0 radical (unpaired) electrons. The number of piperidine rings is 1. The third kappa shape index (κ3) is 4.69. The number of aromatic carboxylic acids is 1. The summed E-state index contributed by atoms with van der Waals surface area (Å²) in [7, 11) is 2.93. The van der Waals surface area contributed by atoms with E-state index in [1.54, 1.807) is 27.7 Å². The predicted octanol–water partition coefficient (Wildman–Crippen LogP) is 3.93. The molecule has 1 unspecified atom stereocenters. The Balaban J connectivity index is 1.49. The summed E-state index contributed by atoms with van der Waals surface area (Å²) in [5.74, 6) is -0.944. The van der Waals surface area contributed by atoms with Crippen molar-refractivity contribution in [1.82, 2.24) is 4.57 Å². The van der Waals surface area contributed by atoms with E-state index in [1.165, 1.54) is 20.4 Å². The van der Waals surface area contributed by atoms with Crippen LogP contribution in [0.1, 0.15) is 35.7 Å². The second kappa shape index (κ2) is 10.3. The van der Waals surface area contributed by atoms with Gasteiger partial charge in [-0.3, -0.25) is 4.79 Å². The number of pyridine rings is 1. The number of fused-ring (bicyclic) bond motifs is 1. The van der Waals surface area contributed by atoms with Crippen molar-refractivity contribution in [1.29, 1.82) is 0 Å². The smallest absolute Gasteiger partial charge is 0.341 e. The van der Waals surface area contributed by atoms with Crippen molar-refractivity contribution in [3.8, 4) is 17.2 Å². The summed E-state index contributed by atoms with van der Waals surface area (Å²) in [6.07, 6.45) is 3.37. The zero-order valence-electron chi connectivity index (χ0n) is 20.7. The first-order chi connectivity index (χ1) is 18.2. The lowest BCUT2D eigenvalue weighted by atomic mass is 10.0. The van der Waals surface area contributed by atoms with Crippen LogP contribution in [0, 0.1) is 5.82 Å². The number of anilines is 1. The van der Waals surface area contributed by atoms with Crippen molar-refractivity contribution < 1.29 is 28.6 Å². The van der Waals surface area contributed by atoms with E-state index >= 15 is 4.39 Å². The molecule has 1 aliphatic heterocycles. The van der Waals surface area contributed by atoms with Crippen LogP contribution in [0.25, 0.3) is 10.9 Å². The van der Waals surface area contributed by atoms with E-state index in [4.69, 9.17) is 20.0 Å². The molecule has 0 bridgehead atoms. The van der Waals surface area contributed by atoms with Gasteiger partial charge in [0.2, 0.25) is 5.43 Å². The number of nitrogens with two attached hydrogens (primary N) is 1. The molecule has 5 rings (SSSR count). The lowest BCUT2D eigenvalue weighted by Crippen LogP contribution is -2.49. The Morgan fingerprint density at radius 3 is 2.61 bits per heavy atom. The van der Waals surface area contributed by atoms with Gasteiger partial charge in [0.05, 0.1) is 36.9 Å². The minimum atomic E-state index is -1.36. The van der Waals surface area contributed by atoms with Gasteiger partial charge in [-0.05, 0) is 37.1 Å². The van der Waals surface area contributed by atoms with Crippen LogP contribution in [-0.4, -0.2) is 54.7 Å². The first-order valence-electron chi connectivity index (χ1n) is 12.0. The van der Waals surface area contributed by atoms with Gasteiger partial charge < -0.3 is 34.6 Å². The second-order valence-electron chi connectivity index (χ2n) is 9.22. The highest BCUT2D eigenvalue weighted by Crippen LogP contribution is 2.44. The summed E-state index contributed by atoms with van der Waals surface area (Å²) in [5, 5.41) is 13.7. The number of carboxylic acid groups (broad SMARTS) is 1. The Hall–Kier alpha value is -3.64. The van der Waals surface area contributed by atoms with E-state index in [9.17, 15) is 14.7 Å². The minimum absolute atomic E-state index is 0.0125. The molecule has 3 N–H and O–H groups in total. The molecule has 1 saturated heterocycles. The normalized spacial score (nSPS) is 18.6. The van der Waals surface area contributed by atoms with Gasteiger partial charge in [-0.25, -0.2) is 9.18 Å². The number of hydrogen-bond donors (Lipinski definition) is 2. The molecule has 2 aliphatic rings. The van der Waals surface area contributed by atoms with Crippen molar-refractivity contribution in [2.24, 2.45) is 10.9 Å². The lowest BCUT2D eigenvalue weighted by molar-refractivity contribution is 0.0694. The Bertz CT molecular complexity index is 1520. The summed E-state index contributed by atoms with van der Waals surface area (Å²) in [6.45, 7) is 0.590. The van der Waals surface area contributed by atoms with Crippen LogP contribution in [0.4, 0.5) is 10.1 Å². The Kier molecular flexibility index (Phi) is 7.01. The lowest BCUT2D eigenvalue weighted by Gasteiger charge is -2.34. The topological polar surface area (TPSA) is 129 Å². The number of rotatable bonds is 7. The SMILES string of the molecule is COc1cc(Br)ccc1O/N=C1/CCN(c2c(F)cc3c(=O)c(C(=O)O)cn(C4CC4)c3c2OC)CC1N. The van der Waals surface area contributed by atoms with Gasteiger partial charge in [0.15, 0.2) is 23.1 Å². The number of methoxy groups -OCH3 is 2. The standard InChI is InChI=1S/C26H26BrFN4O6/c1-36-21-9-13(27)3-6-20(21)38-30-19-7-8-31(12-18(19)29)23-17(28)10-15-22(25(23)37-2)32(14-4-5-14)11-16(24(15)33)26(34)35/h3,6,9-11,14,18H,4-5,7-8,12,29H2,1-2H3,(H,34,35)/b30-19-. The molecule has 1 aromatic heterocycles. The summed E-state index contributed by atoms with van der Waals surface area (Å²) in [5.41, 5.74) is 6.41. The molecule has 1 aliphatic carbocycles. The number of aromatic nitrogens is 1. The molecule has 1 atom stereocenters. The number of carbonyl (C=O) groups is 1. The van der Waals surface area contributed by atoms with Gasteiger partial charge >= 0.3 is 5.97 Å². The van der Waals surface area contributed by atoms with Crippen LogP contribution >= 0.6 is 15.9 Å². The summed E-state index contributed by atoms with van der Waals surface area (Å²) in [6, 6.07) is 5.82. The number of oxime groups is 1. The fourth-order valence-corrected chi connectivity index (χ4v) is 5.07. The van der Waals surface area contributed by atoms with Gasteiger partial charge in [-0.2, -0.15) is 0 Å². The number of halogens is 2. The maximum absolute atomic E-state index is 15.6. The van der Waals surface area contributed by atoms with Crippen LogP contribution in [0.15, 0.2) is 44.9 Å². The van der Waals surface area contributed by atoms with Crippen LogP contribution in [0.5, 0.6) is 17.2 Å². The number of carboxylic acids is 1. The largest absolute Gasteiger partial charge is 0.493 e. The number of nitrogens with zero attached hydrogens (tertiary/aromatic N) is 3. The summed E-state index contributed by atoms with van der Waals surface area (Å²) in [4.78, 5) is 32.0. The average molecular weight is 589 g/mol. The van der Waals surface area contributed by atoms with Crippen molar-refractivity contribution in [3.63, 3.8) is 0 Å². The van der Waals surface area contributed by atoms with Gasteiger partial charge in [0, 0.05) is 36.2 Å². The molecule has 2 fully saturated rings.